The highest BCUT2D eigenvalue weighted by Crippen LogP contribution is 2.35. The Bertz CT molecular complexity index is 419. The van der Waals surface area contributed by atoms with Gasteiger partial charge < -0.3 is 24.1 Å². The van der Waals surface area contributed by atoms with E-state index in [1.165, 1.54) is 0 Å². The third-order valence-electron chi connectivity index (χ3n) is 3.30. The maximum absolute atomic E-state index is 9.00. The number of hydrogen-bond acceptors (Lipinski definition) is 5. The Balaban J connectivity index is 3.01. The molecular formula is C16H26O5. The van der Waals surface area contributed by atoms with Crippen molar-refractivity contribution >= 4 is 0 Å². The fourth-order valence-corrected chi connectivity index (χ4v) is 2.14. The first-order valence-corrected chi connectivity index (χ1v) is 7.12. The molecule has 5 nitrogen and oxygen atoms in total. The van der Waals surface area contributed by atoms with Crippen molar-refractivity contribution in [2.45, 2.75) is 32.6 Å². The lowest BCUT2D eigenvalue weighted by Crippen LogP contribution is -2.07. The highest BCUT2D eigenvalue weighted by Gasteiger charge is 2.15. The van der Waals surface area contributed by atoms with Gasteiger partial charge in [-0.25, -0.2) is 0 Å². The Morgan fingerprint density at radius 3 is 2.24 bits per heavy atom. The smallest absolute Gasteiger partial charge is 0.188 e. The SMILES string of the molecule is COCOc1cc(C(C)CCCO)c(OCOC)cc1C. The first kappa shape index (κ1) is 17.8. The van der Waals surface area contributed by atoms with Gasteiger partial charge in [0.15, 0.2) is 13.6 Å². The summed E-state index contributed by atoms with van der Waals surface area (Å²) in [6, 6.07) is 3.94. The summed E-state index contributed by atoms with van der Waals surface area (Å²) in [6.07, 6.45) is 1.64. The fourth-order valence-electron chi connectivity index (χ4n) is 2.14. The molecule has 120 valence electrons. The summed E-state index contributed by atoms with van der Waals surface area (Å²) in [4.78, 5) is 0. The van der Waals surface area contributed by atoms with Gasteiger partial charge in [-0.05, 0) is 43.4 Å². The van der Waals surface area contributed by atoms with Crippen LogP contribution in [0.25, 0.3) is 0 Å². The van der Waals surface area contributed by atoms with E-state index in [4.69, 9.17) is 24.1 Å². The number of benzene rings is 1. The molecule has 0 saturated heterocycles. The molecule has 1 unspecified atom stereocenters. The lowest BCUT2D eigenvalue weighted by Gasteiger charge is -2.19. The first-order valence-electron chi connectivity index (χ1n) is 7.12. The van der Waals surface area contributed by atoms with Gasteiger partial charge in [0.05, 0.1) is 0 Å². The van der Waals surface area contributed by atoms with E-state index in [0.717, 1.165) is 35.5 Å². The van der Waals surface area contributed by atoms with Crippen LogP contribution in [-0.2, 0) is 9.47 Å². The van der Waals surface area contributed by atoms with Crippen LogP contribution in [0.2, 0.25) is 0 Å². The topological polar surface area (TPSA) is 57.2 Å². The quantitative estimate of drug-likeness (QED) is 0.673. The monoisotopic (exact) mass is 298 g/mol. The Labute approximate surface area is 126 Å². The third-order valence-corrected chi connectivity index (χ3v) is 3.30. The lowest BCUT2D eigenvalue weighted by molar-refractivity contribution is 0.0472. The molecule has 21 heavy (non-hydrogen) atoms. The molecule has 0 aliphatic rings. The van der Waals surface area contributed by atoms with E-state index in [-0.39, 0.29) is 26.1 Å². The Kier molecular flexibility index (Phi) is 8.12. The maximum Gasteiger partial charge on any atom is 0.188 e. The van der Waals surface area contributed by atoms with Crippen LogP contribution in [0.5, 0.6) is 11.5 Å². The number of aryl methyl sites for hydroxylation is 1. The summed E-state index contributed by atoms with van der Waals surface area (Å²) >= 11 is 0. The summed E-state index contributed by atoms with van der Waals surface area (Å²) in [7, 11) is 3.19. The zero-order chi connectivity index (χ0) is 15.7. The molecule has 1 aromatic carbocycles. The van der Waals surface area contributed by atoms with Crippen LogP contribution in [0.3, 0.4) is 0 Å². The van der Waals surface area contributed by atoms with E-state index in [0.29, 0.717) is 0 Å². The van der Waals surface area contributed by atoms with Crippen LogP contribution in [0.1, 0.15) is 36.8 Å². The zero-order valence-electron chi connectivity index (χ0n) is 13.3. The normalized spacial score (nSPS) is 12.2. The molecule has 0 saturated carbocycles. The average Bonchev–Trinajstić information content (AvgIpc) is 2.49. The fraction of sp³-hybridized carbons (Fsp3) is 0.625. The van der Waals surface area contributed by atoms with E-state index < -0.39 is 0 Å². The minimum absolute atomic E-state index is 0.192. The van der Waals surface area contributed by atoms with Crippen molar-refractivity contribution in [2.24, 2.45) is 0 Å². The molecule has 1 N–H and O–H groups in total. The molecule has 0 bridgehead atoms. The predicted octanol–water partition coefficient (Wildman–Crippen LogP) is 2.84. The molecule has 0 fully saturated rings. The summed E-state index contributed by atoms with van der Waals surface area (Å²) in [6.45, 7) is 4.69. The molecule has 1 atom stereocenters. The molecular weight excluding hydrogens is 272 g/mol. The van der Waals surface area contributed by atoms with Crippen LogP contribution >= 0.6 is 0 Å². The van der Waals surface area contributed by atoms with Crippen LogP contribution < -0.4 is 9.47 Å². The van der Waals surface area contributed by atoms with Gasteiger partial charge in [0.25, 0.3) is 0 Å². The van der Waals surface area contributed by atoms with Crippen molar-refractivity contribution in [3.05, 3.63) is 23.3 Å². The van der Waals surface area contributed by atoms with Crippen molar-refractivity contribution in [1.82, 2.24) is 0 Å². The molecule has 0 radical (unpaired) electrons. The molecule has 0 heterocycles. The third kappa shape index (κ3) is 5.53. The minimum atomic E-state index is 0.192. The standard InChI is InChI=1S/C16H26O5/c1-12(6-5-7-17)14-9-15(20-10-18-3)13(2)8-16(14)21-11-19-4/h8-9,12,17H,5-7,10-11H2,1-4H3. The average molecular weight is 298 g/mol. The highest BCUT2D eigenvalue weighted by atomic mass is 16.7. The van der Waals surface area contributed by atoms with Gasteiger partial charge in [-0.2, -0.15) is 0 Å². The van der Waals surface area contributed by atoms with E-state index >= 15 is 0 Å². The van der Waals surface area contributed by atoms with Crippen molar-refractivity contribution in [2.75, 3.05) is 34.4 Å². The molecule has 0 aromatic heterocycles. The summed E-state index contributed by atoms with van der Waals surface area (Å²) in [5.74, 6) is 1.84. The largest absolute Gasteiger partial charge is 0.467 e. The zero-order valence-corrected chi connectivity index (χ0v) is 13.3. The second-order valence-electron chi connectivity index (χ2n) is 5.02. The van der Waals surface area contributed by atoms with Gasteiger partial charge in [-0.3, -0.25) is 0 Å². The second kappa shape index (κ2) is 9.60. The second-order valence-corrected chi connectivity index (χ2v) is 5.02. The highest BCUT2D eigenvalue weighted by molar-refractivity contribution is 5.47. The van der Waals surface area contributed by atoms with Crippen LogP contribution in [0.15, 0.2) is 12.1 Å². The van der Waals surface area contributed by atoms with E-state index in [1.54, 1.807) is 14.2 Å². The van der Waals surface area contributed by atoms with Gasteiger partial charge in [0, 0.05) is 26.4 Å². The number of rotatable bonds is 10. The summed E-state index contributed by atoms with van der Waals surface area (Å²) in [5, 5.41) is 9.00. The summed E-state index contributed by atoms with van der Waals surface area (Å²) in [5.41, 5.74) is 2.04. The van der Waals surface area contributed by atoms with Gasteiger partial charge in [0.1, 0.15) is 11.5 Å². The van der Waals surface area contributed by atoms with Crippen LogP contribution in [-0.4, -0.2) is 39.5 Å². The number of aliphatic hydroxyl groups is 1. The lowest BCUT2D eigenvalue weighted by atomic mass is 9.94. The maximum atomic E-state index is 9.00. The van der Waals surface area contributed by atoms with Crippen molar-refractivity contribution in [3.63, 3.8) is 0 Å². The molecule has 1 rings (SSSR count). The van der Waals surface area contributed by atoms with Gasteiger partial charge >= 0.3 is 0 Å². The molecule has 0 aliphatic carbocycles. The predicted molar refractivity (Wildman–Crippen MR) is 80.9 cm³/mol. The number of methoxy groups -OCH3 is 2. The van der Waals surface area contributed by atoms with Gasteiger partial charge in [-0.1, -0.05) is 6.92 Å². The minimum Gasteiger partial charge on any atom is -0.467 e. The molecule has 0 amide bonds. The number of aliphatic hydroxyl groups excluding tert-OH is 1. The van der Waals surface area contributed by atoms with E-state index in [1.807, 2.05) is 19.1 Å². The molecule has 0 aliphatic heterocycles. The Hall–Kier alpha value is -1.30. The van der Waals surface area contributed by atoms with Crippen molar-refractivity contribution in [3.8, 4) is 11.5 Å². The van der Waals surface area contributed by atoms with Crippen molar-refractivity contribution in [1.29, 1.82) is 0 Å². The molecule has 1 aromatic rings. The summed E-state index contributed by atoms with van der Waals surface area (Å²) < 4.78 is 21.2. The Morgan fingerprint density at radius 1 is 1.05 bits per heavy atom. The number of hydrogen-bond donors (Lipinski definition) is 1. The van der Waals surface area contributed by atoms with E-state index in [2.05, 4.69) is 6.92 Å². The Morgan fingerprint density at radius 2 is 1.67 bits per heavy atom. The first-order chi connectivity index (χ1) is 10.1. The van der Waals surface area contributed by atoms with Crippen LogP contribution in [0, 0.1) is 6.92 Å². The molecule has 5 heteroatoms. The van der Waals surface area contributed by atoms with Gasteiger partial charge in [0.2, 0.25) is 0 Å². The van der Waals surface area contributed by atoms with Gasteiger partial charge in [-0.15, -0.1) is 0 Å². The molecule has 0 spiro atoms. The van der Waals surface area contributed by atoms with E-state index in [9.17, 15) is 0 Å². The van der Waals surface area contributed by atoms with Crippen LogP contribution in [0.4, 0.5) is 0 Å². The number of ether oxygens (including phenoxy) is 4. The van der Waals surface area contributed by atoms with Crippen molar-refractivity contribution < 1.29 is 24.1 Å².